The van der Waals surface area contributed by atoms with Crippen molar-refractivity contribution in [1.82, 2.24) is 15.1 Å². The third-order valence-electron chi connectivity index (χ3n) is 5.53. The molecule has 2 aromatic rings. The van der Waals surface area contributed by atoms with Gasteiger partial charge < -0.3 is 15.4 Å². The maximum atomic E-state index is 13.3. The van der Waals surface area contributed by atoms with Crippen LogP contribution in [0.2, 0.25) is 5.02 Å². The van der Waals surface area contributed by atoms with Crippen LogP contribution in [0.3, 0.4) is 0 Å². The van der Waals surface area contributed by atoms with E-state index in [0.717, 1.165) is 32.2 Å². The van der Waals surface area contributed by atoms with E-state index in [1.54, 1.807) is 18.2 Å². The molecular formula is C19H23ClN4O2. The van der Waals surface area contributed by atoms with Gasteiger partial charge in [0.05, 0.1) is 11.8 Å². The van der Waals surface area contributed by atoms with Crippen molar-refractivity contribution < 1.29 is 9.53 Å². The first kappa shape index (κ1) is 17.4. The number of benzene rings is 1. The number of ether oxygens (including phenoxy) is 1. The van der Waals surface area contributed by atoms with Gasteiger partial charge in [-0.25, -0.2) is 0 Å². The lowest BCUT2D eigenvalue weighted by Crippen LogP contribution is -2.48. The lowest BCUT2D eigenvalue weighted by Gasteiger charge is -2.40. The van der Waals surface area contributed by atoms with E-state index in [9.17, 15) is 4.79 Å². The highest BCUT2D eigenvalue weighted by Gasteiger charge is 2.44. The molecule has 6 nitrogen and oxygen atoms in total. The van der Waals surface area contributed by atoms with Crippen LogP contribution < -0.4 is 10.5 Å². The van der Waals surface area contributed by atoms with Gasteiger partial charge in [0, 0.05) is 35.8 Å². The summed E-state index contributed by atoms with van der Waals surface area (Å²) >= 11 is 6.14. The number of aromatic amines is 1. The predicted octanol–water partition coefficient (Wildman–Crippen LogP) is 2.52. The molecule has 0 bridgehead atoms. The molecule has 1 aliphatic heterocycles. The number of piperidine rings is 1. The number of nitrogens with two attached hydrogens (primary N) is 1. The van der Waals surface area contributed by atoms with Gasteiger partial charge in [-0.1, -0.05) is 11.6 Å². The number of carbonyl (C=O) groups excluding carboxylic acids is 1. The van der Waals surface area contributed by atoms with Crippen LogP contribution in [0.25, 0.3) is 0 Å². The second-order valence-electron chi connectivity index (χ2n) is 7.16. The molecule has 1 aromatic heterocycles. The van der Waals surface area contributed by atoms with E-state index in [2.05, 4.69) is 10.2 Å². The third-order valence-corrected chi connectivity index (χ3v) is 5.77. The van der Waals surface area contributed by atoms with Crippen molar-refractivity contribution >= 4 is 17.5 Å². The van der Waals surface area contributed by atoms with E-state index in [0.29, 0.717) is 36.0 Å². The summed E-state index contributed by atoms with van der Waals surface area (Å²) in [5.74, 6) is 0.504. The van der Waals surface area contributed by atoms with E-state index in [1.807, 2.05) is 11.1 Å². The summed E-state index contributed by atoms with van der Waals surface area (Å²) in [6.07, 6.45) is 6.06. The van der Waals surface area contributed by atoms with Crippen LogP contribution in [0.4, 0.5) is 0 Å². The molecule has 1 atom stereocenters. The molecule has 1 amide bonds. The Morgan fingerprint density at radius 2 is 2.31 bits per heavy atom. The normalized spacial score (nSPS) is 21.8. The summed E-state index contributed by atoms with van der Waals surface area (Å²) in [7, 11) is 0. The highest BCUT2D eigenvalue weighted by molar-refractivity contribution is 6.31. The second-order valence-corrected chi connectivity index (χ2v) is 7.59. The quantitative estimate of drug-likeness (QED) is 0.861. The number of H-pyrrole nitrogens is 1. The third kappa shape index (κ3) is 2.97. The maximum absolute atomic E-state index is 13.3. The van der Waals surface area contributed by atoms with Gasteiger partial charge in [-0.05, 0) is 49.4 Å². The van der Waals surface area contributed by atoms with Crippen LogP contribution in [-0.2, 0) is 11.8 Å². The first-order valence-electron chi connectivity index (χ1n) is 9.07. The molecule has 1 spiro atoms. The number of hydrogen-bond donors (Lipinski definition) is 2. The highest BCUT2D eigenvalue weighted by Crippen LogP contribution is 2.44. The number of carbonyl (C=O) groups is 1. The van der Waals surface area contributed by atoms with Crippen LogP contribution in [0.1, 0.15) is 40.9 Å². The van der Waals surface area contributed by atoms with Gasteiger partial charge in [-0.15, -0.1) is 0 Å². The molecule has 26 heavy (non-hydrogen) atoms. The molecule has 4 rings (SSSR count). The molecule has 0 radical (unpaired) electrons. The van der Waals surface area contributed by atoms with Gasteiger partial charge in [0.2, 0.25) is 0 Å². The number of aryl methyl sites for hydroxylation is 1. The monoisotopic (exact) mass is 374 g/mol. The fourth-order valence-electron chi connectivity index (χ4n) is 4.31. The number of halogens is 1. The summed E-state index contributed by atoms with van der Waals surface area (Å²) in [6.45, 7) is 2.20. The maximum Gasteiger partial charge on any atom is 0.257 e. The van der Waals surface area contributed by atoms with Crippen LogP contribution in [0, 0.1) is 0 Å². The van der Waals surface area contributed by atoms with Crippen LogP contribution >= 0.6 is 11.6 Å². The zero-order valence-corrected chi connectivity index (χ0v) is 15.4. The SMILES string of the molecule is NCCOc1ccc(Cl)cc1C(=O)N1CCCC2(CCc3cn[nH]c32)C1. The number of nitrogens with zero attached hydrogens (tertiary/aromatic N) is 2. The minimum absolute atomic E-state index is 0.00338. The van der Waals surface area contributed by atoms with Crippen molar-refractivity contribution in [2.75, 3.05) is 26.2 Å². The number of aromatic nitrogens is 2. The molecule has 1 aliphatic carbocycles. The largest absolute Gasteiger partial charge is 0.491 e. The first-order valence-corrected chi connectivity index (χ1v) is 9.45. The number of nitrogens with one attached hydrogen (secondary N) is 1. The summed E-state index contributed by atoms with van der Waals surface area (Å²) in [5, 5.41) is 7.91. The molecule has 1 fully saturated rings. The summed E-state index contributed by atoms with van der Waals surface area (Å²) in [4.78, 5) is 15.2. The van der Waals surface area contributed by atoms with E-state index < -0.39 is 0 Å². The zero-order chi connectivity index (χ0) is 18.1. The molecule has 1 saturated heterocycles. The average molecular weight is 375 g/mol. The van der Waals surface area contributed by atoms with Gasteiger partial charge in [-0.2, -0.15) is 5.10 Å². The predicted molar refractivity (Wildman–Crippen MR) is 99.7 cm³/mol. The van der Waals surface area contributed by atoms with Crippen molar-refractivity contribution in [1.29, 1.82) is 0 Å². The Morgan fingerprint density at radius 3 is 3.15 bits per heavy atom. The molecule has 2 aliphatic rings. The first-order chi connectivity index (χ1) is 12.6. The van der Waals surface area contributed by atoms with E-state index in [4.69, 9.17) is 22.1 Å². The number of hydrogen-bond acceptors (Lipinski definition) is 4. The van der Waals surface area contributed by atoms with Crippen LogP contribution in [0.5, 0.6) is 5.75 Å². The van der Waals surface area contributed by atoms with Crippen molar-refractivity contribution in [3.8, 4) is 5.75 Å². The number of likely N-dealkylation sites (tertiary alicyclic amines) is 1. The van der Waals surface area contributed by atoms with Gasteiger partial charge in [0.15, 0.2) is 0 Å². The van der Waals surface area contributed by atoms with Crippen molar-refractivity contribution in [3.05, 3.63) is 46.2 Å². The van der Waals surface area contributed by atoms with Crippen molar-refractivity contribution in [2.24, 2.45) is 5.73 Å². The summed E-state index contributed by atoms with van der Waals surface area (Å²) in [5.41, 5.74) is 8.53. The van der Waals surface area contributed by atoms with Gasteiger partial charge in [0.25, 0.3) is 5.91 Å². The minimum Gasteiger partial charge on any atom is -0.491 e. The lowest BCUT2D eigenvalue weighted by atomic mass is 9.77. The topological polar surface area (TPSA) is 84.2 Å². The molecule has 3 N–H and O–H groups in total. The van der Waals surface area contributed by atoms with Gasteiger partial charge in [0.1, 0.15) is 12.4 Å². The Kier molecular flexibility index (Phi) is 4.63. The Hall–Kier alpha value is -2.05. The van der Waals surface area contributed by atoms with Crippen LogP contribution in [-0.4, -0.2) is 47.2 Å². The molecule has 7 heteroatoms. The molecule has 138 valence electrons. The fraction of sp³-hybridized carbons (Fsp3) is 0.474. The van der Waals surface area contributed by atoms with E-state index in [-0.39, 0.29) is 11.3 Å². The Labute approximate surface area is 157 Å². The molecule has 2 heterocycles. The molecule has 1 unspecified atom stereocenters. The Balaban J connectivity index is 1.60. The van der Waals surface area contributed by atoms with Crippen LogP contribution in [0.15, 0.2) is 24.4 Å². The highest BCUT2D eigenvalue weighted by atomic mass is 35.5. The van der Waals surface area contributed by atoms with E-state index in [1.165, 1.54) is 11.3 Å². The average Bonchev–Trinajstić information content (AvgIpc) is 3.25. The standard InChI is InChI=1S/C19H23ClN4O2/c20-14-2-3-16(26-9-7-21)15(10-14)18(25)24-8-1-5-19(12-24)6-4-13-11-22-23-17(13)19/h2-3,10-11H,1,4-9,12,21H2,(H,22,23). The molecule has 1 aromatic carbocycles. The number of rotatable bonds is 4. The fourth-order valence-corrected chi connectivity index (χ4v) is 4.48. The number of fused-ring (bicyclic) bond motifs is 2. The minimum atomic E-state index is -0.0356. The Bertz CT molecular complexity index is 822. The zero-order valence-electron chi connectivity index (χ0n) is 14.6. The van der Waals surface area contributed by atoms with Crippen molar-refractivity contribution in [2.45, 2.75) is 31.1 Å². The summed E-state index contributed by atoms with van der Waals surface area (Å²) in [6, 6.07) is 5.16. The smallest absolute Gasteiger partial charge is 0.257 e. The second kappa shape index (κ2) is 6.93. The molecule has 0 saturated carbocycles. The Morgan fingerprint density at radius 1 is 1.42 bits per heavy atom. The van der Waals surface area contributed by atoms with Gasteiger partial charge in [-0.3, -0.25) is 9.89 Å². The summed E-state index contributed by atoms with van der Waals surface area (Å²) < 4.78 is 5.67. The lowest BCUT2D eigenvalue weighted by molar-refractivity contribution is 0.0628. The number of amides is 1. The molecular weight excluding hydrogens is 352 g/mol. The van der Waals surface area contributed by atoms with E-state index >= 15 is 0 Å². The van der Waals surface area contributed by atoms with Gasteiger partial charge >= 0.3 is 0 Å². The van der Waals surface area contributed by atoms with Crippen molar-refractivity contribution in [3.63, 3.8) is 0 Å².